The van der Waals surface area contributed by atoms with Crippen LogP contribution in [0.15, 0.2) is 47.4 Å². The summed E-state index contributed by atoms with van der Waals surface area (Å²) in [6.45, 7) is 3.06. The van der Waals surface area contributed by atoms with E-state index in [4.69, 9.17) is 4.89 Å². The lowest BCUT2D eigenvalue weighted by Crippen LogP contribution is -2.19. The van der Waals surface area contributed by atoms with Crippen molar-refractivity contribution in [1.82, 2.24) is 5.32 Å². The minimum atomic E-state index is -4.76. The summed E-state index contributed by atoms with van der Waals surface area (Å²) in [6.07, 6.45) is -0.281. The van der Waals surface area contributed by atoms with Gasteiger partial charge in [0.05, 0.1) is 6.61 Å². The normalized spacial score (nSPS) is 12.6. The number of thioether (sulfide) groups is 1. The Labute approximate surface area is 198 Å². The predicted molar refractivity (Wildman–Crippen MR) is 126 cm³/mol. The van der Waals surface area contributed by atoms with Gasteiger partial charge in [-0.2, -0.15) is 0 Å². The molecular weight excluding hydrogens is 474 g/mol. The molecule has 0 amide bonds. The van der Waals surface area contributed by atoms with Gasteiger partial charge in [0.15, 0.2) is 0 Å². The number of hydrogen-bond donors (Lipinski definition) is 2. The summed E-state index contributed by atoms with van der Waals surface area (Å²) >= 11 is 1.37. The topological polar surface area (TPSA) is 67.8 Å². The van der Waals surface area contributed by atoms with E-state index < -0.39 is 14.6 Å². The van der Waals surface area contributed by atoms with Gasteiger partial charge < -0.3 is 19.5 Å². The second kappa shape index (κ2) is 14.7. The summed E-state index contributed by atoms with van der Waals surface area (Å²) in [7, 11) is -2.93. The van der Waals surface area contributed by atoms with Crippen molar-refractivity contribution in [3.05, 3.63) is 59.2 Å². The average molecular weight is 506 g/mol. The molecule has 0 saturated heterocycles. The predicted octanol–water partition coefficient (Wildman–Crippen LogP) is 6.28. The molecule has 0 aliphatic rings. The highest BCUT2D eigenvalue weighted by atomic mass is 32.2. The quantitative estimate of drug-likeness (QED) is 0.169. The maximum Gasteiger partial charge on any atom is 0.573 e. The number of benzene rings is 2. The molecule has 184 valence electrons. The summed E-state index contributed by atoms with van der Waals surface area (Å²) in [6, 6.07) is 13.3. The van der Waals surface area contributed by atoms with Crippen LogP contribution in [0.5, 0.6) is 5.75 Å². The molecule has 1 atom stereocenters. The number of nitrogens with one attached hydrogen (secondary N) is 1. The van der Waals surface area contributed by atoms with Crippen molar-refractivity contribution >= 4 is 20.0 Å². The van der Waals surface area contributed by atoms with Crippen LogP contribution in [-0.4, -0.2) is 30.2 Å². The lowest BCUT2D eigenvalue weighted by Gasteiger charge is -2.15. The van der Waals surface area contributed by atoms with Gasteiger partial charge in [0, 0.05) is 11.4 Å². The second-order valence-electron chi connectivity index (χ2n) is 7.62. The van der Waals surface area contributed by atoms with Gasteiger partial charge in [-0.25, -0.2) is 0 Å². The van der Waals surface area contributed by atoms with E-state index in [9.17, 15) is 17.7 Å². The molecule has 0 heterocycles. The number of halogens is 3. The first kappa shape index (κ1) is 27.7. The summed E-state index contributed by atoms with van der Waals surface area (Å²) in [5.41, 5.74) is 3.20. The Morgan fingerprint density at radius 3 is 2.45 bits per heavy atom. The maximum atomic E-state index is 12.9. The van der Waals surface area contributed by atoms with Crippen molar-refractivity contribution in [3.8, 4) is 5.75 Å². The van der Waals surface area contributed by atoms with E-state index in [1.54, 1.807) is 12.1 Å². The zero-order valence-corrected chi connectivity index (χ0v) is 20.4. The Kier molecular flexibility index (Phi) is 12.3. The van der Waals surface area contributed by atoms with Crippen LogP contribution in [0, 0.1) is 6.92 Å². The first-order chi connectivity index (χ1) is 15.7. The van der Waals surface area contributed by atoms with Gasteiger partial charge in [0.25, 0.3) is 0 Å². The molecule has 0 saturated carbocycles. The minimum absolute atomic E-state index is 0.143. The number of aryl methyl sites for hydroxylation is 2. The number of alkyl halides is 3. The smallest absolute Gasteiger partial charge is 0.405 e. The maximum absolute atomic E-state index is 12.9. The van der Waals surface area contributed by atoms with Crippen LogP contribution in [0.2, 0.25) is 0 Å². The lowest BCUT2D eigenvalue weighted by atomic mass is 10.1. The van der Waals surface area contributed by atoms with Crippen molar-refractivity contribution in [2.45, 2.75) is 56.8 Å². The average Bonchev–Trinajstić information content (AvgIpc) is 2.74. The minimum Gasteiger partial charge on any atom is -0.405 e. The Bertz CT molecular complexity index is 866. The third-order valence-corrected chi connectivity index (χ3v) is 6.37. The molecule has 2 aromatic rings. The summed E-state index contributed by atoms with van der Waals surface area (Å²) < 4.78 is 58.0. The van der Waals surface area contributed by atoms with Crippen LogP contribution >= 0.6 is 20.0 Å². The van der Waals surface area contributed by atoms with Crippen LogP contribution in [-0.2, 0) is 22.1 Å². The number of unbranched alkanes of at least 4 members (excludes halogenated alkanes) is 2. The highest BCUT2D eigenvalue weighted by molar-refractivity contribution is 7.99. The first-order valence-corrected chi connectivity index (χ1v) is 13.1. The highest BCUT2D eigenvalue weighted by Gasteiger charge is 2.32. The summed E-state index contributed by atoms with van der Waals surface area (Å²) in [5.74, 6) is 0.530. The van der Waals surface area contributed by atoms with E-state index in [0.29, 0.717) is 35.7 Å². The van der Waals surface area contributed by atoms with E-state index in [1.165, 1.54) is 29.0 Å². The van der Waals surface area contributed by atoms with Crippen molar-refractivity contribution in [2.75, 3.05) is 18.9 Å². The molecule has 0 radical (unpaired) electrons. The Morgan fingerprint density at radius 1 is 1.03 bits per heavy atom. The molecule has 0 spiro atoms. The number of rotatable bonds is 15. The molecule has 1 unspecified atom stereocenters. The van der Waals surface area contributed by atoms with Crippen molar-refractivity contribution in [3.63, 3.8) is 0 Å². The fraction of sp³-hybridized carbons (Fsp3) is 0.478. The van der Waals surface area contributed by atoms with Crippen LogP contribution in [0.1, 0.15) is 42.4 Å². The van der Waals surface area contributed by atoms with Crippen LogP contribution < -0.4 is 10.1 Å². The van der Waals surface area contributed by atoms with Crippen LogP contribution in [0.25, 0.3) is 0 Å². The fourth-order valence-electron chi connectivity index (χ4n) is 3.12. The highest BCUT2D eigenvalue weighted by Crippen LogP contribution is 2.35. The lowest BCUT2D eigenvalue weighted by molar-refractivity contribution is -0.275. The SMILES string of the molecule is Cc1ccc(CCCCCSc2ccc(CNCCCO[PH](=O)O)cc2OC(F)(F)F)cc1. The monoisotopic (exact) mass is 505 g/mol. The zero-order chi connectivity index (χ0) is 24.1. The Balaban J connectivity index is 1.78. The Hall–Kier alpha value is -1.51. The molecular formula is C23H31F3NO4PS. The van der Waals surface area contributed by atoms with Gasteiger partial charge in [0.1, 0.15) is 5.75 Å². The van der Waals surface area contributed by atoms with Gasteiger partial charge in [0.2, 0.25) is 0 Å². The van der Waals surface area contributed by atoms with Crippen LogP contribution in [0.4, 0.5) is 13.2 Å². The third kappa shape index (κ3) is 12.5. The summed E-state index contributed by atoms with van der Waals surface area (Å²) in [4.78, 5) is 9.06. The molecule has 2 rings (SSSR count). The van der Waals surface area contributed by atoms with Crippen molar-refractivity contribution < 1.29 is 31.9 Å². The van der Waals surface area contributed by atoms with E-state index >= 15 is 0 Å². The molecule has 10 heteroatoms. The van der Waals surface area contributed by atoms with Gasteiger partial charge in [-0.05, 0) is 68.2 Å². The van der Waals surface area contributed by atoms with E-state index in [1.807, 2.05) is 0 Å². The second-order valence-corrected chi connectivity index (χ2v) is 9.58. The van der Waals surface area contributed by atoms with Crippen LogP contribution in [0.3, 0.4) is 0 Å². The molecule has 0 aliphatic carbocycles. The molecule has 5 nitrogen and oxygen atoms in total. The molecule has 33 heavy (non-hydrogen) atoms. The van der Waals surface area contributed by atoms with Gasteiger partial charge in [-0.1, -0.05) is 42.3 Å². The number of ether oxygens (including phenoxy) is 1. The molecule has 0 aliphatic heterocycles. The largest absolute Gasteiger partial charge is 0.573 e. The fourth-order valence-corrected chi connectivity index (χ4v) is 4.41. The molecule has 0 fully saturated rings. The molecule has 2 aromatic carbocycles. The molecule has 2 N–H and O–H groups in total. The van der Waals surface area contributed by atoms with Gasteiger partial charge in [-0.15, -0.1) is 24.9 Å². The number of hydrogen-bond acceptors (Lipinski definition) is 5. The zero-order valence-electron chi connectivity index (χ0n) is 18.6. The van der Waals surface area contributed by atoms with Crippen molar-refractivity contribution in [1.29, 1.82) is 0 Å². The van der Waals surface area contributed by atoms with E-state index in [2.05, 4.69) is 45.8 Å². The van der Waals surface area contributed by atoms with E-state index in [-0.39, 0.29) is 12.4 Å². The molecule has 0 aromatic heterocycles. The third-order valence-electron chi connectivity index (χ3n) is 4.77. The first-order valence-electron chi connectivity index (χ1n) is 10.9. The van der Waals surface area contributed by atoms with Gasteiger partial charge in [-0.3, -0.25) is 4.57 Å². The molecule has 0 bridgehead atoms. The standard InChI is InChI=1S/C23H31F3NO4PS/c1-18-7-9-19(10-8-18)6-3-2-4-15-33-22-12-11-20(16-21(22)31-23(24,25)26)17-27-13-5-14-30-32(28)29/h7-12,16,27,32H,2-6,13-15,17H2,1H3,(H,28,29). The van der Waals surface area contributed by atoms with Gasteiger partial charge >= 0.3 is 14.6 Å². The Morgan fingerprint density at radius 2 is 1.76 bits per heavy atom. The van der Waals surface area contributed by atoms with Crippen molar-refractivity contribution in [2.24, 2.45) is 0 Å². The van der Waals surface area contributed by atoms with E-state index in [0.717, 1.165) is 25.7 Å². The summed E-state index contributed by atoms with van der Waals surface area (Å²) in [5, 5.41) is 3.07.